The van der Waals surface area contributed by atoms with E-state index < -0.39 is 0 Å². The summed E-state index contributed by atoms with van der Waals surface area (Å²) in [6.07, 6.45) is 2.26. The molecule has 0 amide bonds. The summed E-state index contributed by atoms with van der Waals surface area (Å²) in [6, 6.07) is 8.93. The van der Waals surface area contributed by atoms with Crippen LogP contribution < -0.4 is 5.56 Å². The van der Waals surface area contributed by atoms with Crippen LogP contribution in [0.25, 0.3) is 11.4 Å². The number of hydrogen-bond donors (Lipinski definition) is 1. The van der Waals surface area contributed by atoms with Crippen molar-refractivity contribution in [1.82, 2.24) is 9.97 Å². The average molecular weight is 247 g/mol. The minimum atomic E-state index is -0.100. The van der Waals surface area contributed by atoms with Crippen LogP contribution in [0.15, 0.2) is 35.1 Å². The van der Waals surface area contributed by atoms with Crippen molar-refractivity contribution in [2.45, 2.75) is 18.8 Å². The molecule has 86 valence electrons. The van der Waals surface area contributed by atoms with Gasteiger partial charge >= 0.3 is 0 Å². The normalized spacial score (nSPS) is 14.9. The quantitative estimate of drug-likeness (QED) is 0.886. The van der Waals surface area contributed by atoms with Crippen LogP contribution in [-0.4, -0.2) is 9.97 Å². The van der Waals surface area contributed by atoms with E-state index in [1.54, 1.807) is 18.2 Å². The second kappa shape index (κ2) is 4.00. The lowest BCUT2D eigenvalue weighted by molar-refractivity contribution is 0.977. The van der Waals surface area contributed by atoms with Gasteiger partial charge in [-0.05, 0) is 25.0 Å². The van der Waals surface area contributed by atoms with E-state index in [9.17, 15) is 4.79 Å². The van der Waals surface area contributed by atoms with Crippen LogP contribution in [0.4, 0.5) is 0 Å². The molecule has 1 heterocycles. The Hall–Kier alpha value is -1.61. The van der Waals surface area contributed by atoms with Crippen LogP contribution in [0, 0.1) is 0 Å². The summed E-state index contributed by atoms with van der Waals surface area (Å²) in [5, 5.41) is 0.641. The summed E-state index contributed by atoms with van der Waals surface area (Å²) in [6.45, 7) is 0. The van der Waals surface area contributed by atoms with E-state index >= 15 is 0 Å². The number of benzene rings is 1. The van der Waals surface area contributed by atoms with Gasteiger partial charge in [-0.3, -0.25) is 4.79 Å². The van der Waals surface area contributed by atoms with Crippen LogP contribution in [0.5, 0.6) is 0 Å². The fourth-order valence-corrected chi connectivity index (χ4v) is 2.03. The van der Waals surface area contributed by atoms with Gasteiger partial charge in [0.25, 0.3) is 5.56 Å². The summed E-state index contributed by atoms with van der Waals surface area (Å²) in [5.74, 6) is 1.07. The molecular formula is C13H11ClN2O. The molecule has 0 radical (unpaired) electrons. The lowest BCUT2D eigenvalue weighted by atomic mass is 10.2. The molecular weight excluding hydrogens is 236 g/mol. The number of hydrogen-bond acceptors (Lipinski definition) is 2. The van der Waals surface area contributed by atoms with E-state index in [1.165, 1.54) is 0 Å². The SMILES string of the molecule is O=c1cc(C2CC2)nc(-c2cccc(Cl)c2)[nH]1. The first-order valence-electron chi connectivity index (χ1n) is 5.59. The van der Waals surface area contributed by atoms with Gasteiger partial charge in [-0.1, -0.05) is 23.7 Å². The molecule has 0 unspecified atom stereocenters. The molecule has 0 saturated heterocycles. The van der Waals surface area contributed by atoms with E-state index in [0.29, 0.717) is 16.8 Å². The predicted octanol–water partition coefficient (Wildman–Crippen LogP) is 2.97. The summed E-state index contributed by atoms with van der Waals surface area (Å²) < 4.78 is 0. The highest BCUT2D eigenvalue weighted by Gasteiger charge is 2.25. The Bertz CT molecular complexity index is 617. The highest BCUT2D eigenvalue weighted by atomic mass is 35.5. The Balaban J connectivity index is 2.10. The molecule has 1 aromatic heterocycles. The van der Waals surface area contributed by atoms with Crippen molar-refractivity contribution in [1.29, 1.82) is 0 Å². The monoisotopic (exact) mass is 246 g/mol. The van der Waals surface area contributed by atoms with Crippen molar-refractivity contribution in [2.75, 3.05) is 0 Å². The third-order valence-corrected chi connectivity index (χ3v) is 3.09. The van der Waals surface area contributed by atoms with Gasteiger partial charge in [0.15, 0.2) is 0 Å². The van der Waals surface area contributed by atoms with E-state index in [-0.39, 0.29) is 5.56 Å². The third-order valence-electron chi connectivity index (χ3n) is 2.86. The highest BCUT2D eigenvalue weighted by Crippen LogP contribution is 2.38. The average Bonchev–Trinajstić information content (AvgIpc) is 3.12. The van der Waals surface area contributed by atoms with Gasteiger partial charge in [-0.2, -0.15) is 0 Å². The highest BCUT2D eigenvalue weighted by molar-refractivity contribution is 6.30. The number of H-pyrrole nitrogens is 1. The van der Waals surface area contributed by atoms with Gasteiger partial charge in [0.2, 0.25) is 0 Å². The Morgan fingerprint density at radius 2 is 2.12 bits per heavy atom. The number of nitrogens with zero attached hydrogens (tertiary/aromatic N) is 1. The minimum Gasteiger partial charge on any atom is -0.307 e. The van der Waals surface area contributed by atoms with Crippen LogP contribution in [0.3, 0.4) is 0 Å². The molecule has 2 aromatic rings. The van der Waals surface area contributed by atoms with Crippen LogP contribution in [0.1, 0.15) is 24.5 Å². The molecule has 1 N–H and O–H groups in total. The summed E-state index contributed by atoms with van der Waals surface area (Å²) >= 11 is 5.93. The largest absolute Gasteiger partial charge is 0.307 e. The molecule has 4 heteroatoms. The van der Waals surface area contributed by atoms with Crippen LogP contribution in [0.2, 0.25) is 5.02 Å². The smallest absolute Gasteiger partial charge is 0.251 e. The van der Waals surface area contributed by atoms with Crippen molar-refractivity contribution < 1.29 is 0 Å². The molecule has 0 bridgehead atoms. The van der Waals surface area contributed by atoms with Crippen LogP contribution >= 0.6 is 11.6 Å². The van der Waals surface area contributed by atoms with Crippen molar-refractivity contribution in [3.8, 4) is 11.4 Å². The molecule has 1 aliphatic carbocycles. The first-order chi connectivity index (χ1) is 8.22. The number of halogens is 1. The van der Waals surface area contributed by atoms with Gasteiger partial charge in [-0.25, -0.2) is 4.98 Å². The van der Waals surface area contributed by atoms with Gasteiger partial charge < -0.3 is 4.98 Å². The molecule has 3 nitrogen and oxygen atoms in total. The third kappa shape index (κ3) is 2.24. The van der Waals surface area contributed by atoms with Crippen molar-refractivity contribution in [3.63, 3.8) is 0 Å². The zero-order valence-corrected chi connectivity index (χ0v) is 9.87. The van der Waals surface area contributed by atoms with E-state index in [0.717, 1.165) is 24.1 Å². The maximum absolute atomic E-state index is 11.6. The standard InChI is InChI=1S/C13H11ClN2O/c14-10-3-1-2-9(6-10)13-15-11(8-4-5-8)7-12(17)16-13/h1-3,6-8H,4-5H2,(H,15,16,17). The molecule has 1 aromatic carbocycles. The maximum Gasteiger partial charge on any atom is 0.251 e. The zero-order chi connectivity index (χ0) is 11.8. The Morgan fingerprint density at radius 3 is 2.82 bits per heavy atom. The molecule has 0 atom stereocenters. The van der Waals surface area contributed by atoms with Gasteiger partial charge in [-0.15, -0.1) is 0 Å². The van der Waals surface area contributed by atoms with Gasteiger partial charge in [0.1, 0.15) is 5.82 Å². The Labute approximate surface area is 103 Å². The fraction of sp³-hybridized carbons (Fsp3) is 0.231. The first-order valence-corrected chi connectivity index (χ1v) is 5.97. The lowest BCUT2D eigenvalue weighted by Crippen LogP contribution is -2.09. The number of rotatable bonds is 2. The summed E-state index contributed by atoms with van der Waals surface area (Å²) in [7, 11) is 0. The summed E-state index contributed by atoms with van der Waals surface area (Å²) in [4.78, 5) is 18.8. The number of aromatic amines is 1. The van der Waals surface area contributed by atoms with Crippen molar-refractivity contribution >= 4 is 11.6 Å². The second-order valence-electron chi connectivity index (χ2n) is 4.30. The Kier molecular flexibility index (Phi) is 2.48. The minimum absolute atomic E-state index is 0.100. The van der Waals surface area contributed by atoms with E-state index in [1.807, 2.05) is 12.1 Å². The molecule has 1 fully saturated rings. The topological polar surface area (TPSA) is 45.8 Å². The van der Waals surface area contributed by atoms with Crippen molar-refractivity contribution in [2.24, 2.45) is 0 Å². The van der Waals surface area contributed by atoms with Crippen molar-refractivity contribution in [3.05, 3.63) is 51.4 Å². The molecule has 17 heavy (non-hydrogen) atoms. The maximum atomic E-state index is 11.6. The lowest BCUT2D eigenvalue weighted by Gasteiger charge is -2.03. The van der Waals surface area contributed by atoms with E-state index in [2.05, 4.69) is 9.97 Å². The summed E-state index contributed by atoms with van der Waals surface area (Å²) in [5.41, 5.74) is 1.64. The number of nitrogens with one attached hydrogen (secondary N) is 1. The molecule has 1 aliphatic rings. The first kappa shape index (κ1) is 10.5. The van der Waals surface area contributed by atoms with Gasteiger partial charge in [0, 0.05) is 22.6 Å². The molecule has 1 saturated carbocycles. The number of aromatic nitrogens is 2. The molecule has 0 spiro atoms. The Morgan fingerprint density at radius 1 is 1.29 bits per heavy atom. The second-order valence-corrected chi connectivity index (χ2v) is 4.74. The van der Waals surface area contributed by atoms with Gasteiger partial charge in [0.05, 0.1) is 5.69 Å². The molecule has 3 rings (SSSR count). The fourth-order valence-electron chi connectivity index (χ4n) is 1.84. The van der Waals surface area contributed by atoms with E-state index in [4.69, 9.17) is 11.6 Å². The molecule has 0 aliphatic heterocycles. The predicted molar refractivity (Wildman–Crippen MR) is 67.3 cm³/mol. The zero-order valence-electron chi connectivity index (χ0n) is 9.11. The van der Waals surface area contributed by atoms with Crippen LogP contribution in [-0.2, 0) is 0 Å².